The van der Waals surface area contributed by atoms with Crippen molar-refractivity contribution >= 4 is 23.5 Å². The molecule has 2 amide bonds. The normalized spacial score (nSPS) is 20.9. The van der Waals surface area contributed by atoms with Crippen LogP contribution in [-0.4, -0.2) is 41.7 Å². The molecule has 5 rings (SSSR count). The first-order chi connectivity index (χ1) is 21.4. The van der Waals surface area contributed by atoms with Crippen molar-refractivity contribution in [2.24, 2.45) is 17.8 Å². The molecule has 1 fully saturated rings. The monoisotopic (exact) mass is 630 g/mol. The van der Waals surface area contributed by atoms with Gasteiger partial charge in [-0.15, -0.1) is 0 Å². The number of hydrogen-bond acceptors (Lipinski definition) is 5. The van der Waals surface area contributed by atoms with Crippen LogP contribution in [-0.2, 0) is 16.0 Å². The number of nitrogens with one attached hydrogen (secondary N) is 2. The fourth-order valence-corrected chi connectivity index (χ4v) is 5.97. The highest BCUT2D eigenvalue weighted by atomic mass is 19.3. The molecule has 3 aliphatic rings. The Morgan fingerprint density at radius 2 is 1.62 bits per heavy atom. The second kappa shape index (κ2) is 13.3. The van der Waals surface area contributed by atoms with Gasteiger partial charge in [-0.2, -0.15) is 17.6 Å². The van der Waals surface area contributed by atoms with E-state index in [0.717, 1.165) is 29.7 Å². The highest BCUT2D eigenvalue weighted by Gasteiger charge is 2.66. The first-order valence-corrected chi connectivity index (χ1v) is 15.0. The number of hydrogen-bond donors (Lipinski definition) is 3. The number of amides is 2. The number of anilines is 1. The van der Waals surface area contributed by atoms with Crippen LogP contribution in [0.25, 0.3) is 0 Å². The van der Waals surface area contributed by atoms with Gasteiger partial charge < -0.3 is 25.2 Å². The smallest absolute Gasteiger partial charge is 0.481 e. The van der Waals surface area contributed by atoms with Crippen LogP contribution in [0.5, 0.6) is 11.5 Å². The third-order valence-corrected chi connectivity index (χ3v) is 8.44. The molecule has 2 aromatic carbocycles. The van der Waals surface area contributed by atoms with Crippen LogP contribution in [0.1, 0.15) is 60.9 Å². The lowest BCUT2D eigenvalue weighted by molar-refractivity contribution is -0.391. The summed E-state index contributed by atoms with van der Waals surface area (Å²) in [7, 11) is 0. The molecule has 2 aromatic rings. The van der Waals surface area contributed by atoms with Crippen molar-refractivity contribution in [2.45, 2.75) is 63.6 Å². The number of carboxylic acids is 1. The van der Waals surface area contributed by atoms with Crippen LogP contribution in [0.15, 0.2) is 66.3 Å². The molecular formula is C33H34F4N2O6. The molecule has 45 heavy (non-hydrogen) atoms. The van der Waals surface area contributed by atoms with Crippen molar-refractivity contribution in [2.75, 3.05) is 11.9 Å². The Bertz CT molecular complexity index is 1480. The van der Waals surface area contributed by atoms with Gasteiger partial charge in [-0.25, -0.2) is 0 Å². The number of carbonyl (C=O) groups is 3. The Balaban J connectivity index is 1.33. The summed E-state index contributed by atoms with van der Waals surface area (Å²) >= 11 is 0. The summed E-state index contributed by atoms with van der Waals surface area (Å²) in [5, 5.41) is 14.0. The predicted molar refractivity (Wildman–Crippen MR) is 156 cm³/mol. The number of rotatable bonds is 10. The summed E-state index contributed by atoms with van der Waals surface area (Å²) in [4.78, 5) is 36.8. The van der Waals surface area contributed by atoms with Crippen LogP contribution in [0, 0.1) is 17.8 Å². The Morgan fingerprint density at radius 3 is 2.27 bits per heavy atom. The topological polar surface area (TPSA) is 114 Å². The van der Waals surface area contributed by atoms with Crippen molar-refractivity contribution in [3.05, 3.63) is 77.4 Å². The number of carboxylic acid groups (broad SMARTS) is 1. The maximum absolute atomic E-state index is 13.8. The van der Waals surface area contributed by atoms with Gasteiger partial charge in [0, 0.05) is 23.9 Å². The van der Waals surface area contributed by atoms with Gasteiger partial charge >= 0.3 is 18.2 Å². The van der Waals surface area contributed by atoms with E-state index in [-0.39, 0.29) is 25.1 Å². The molecule has 1 saturated carbocycles. The van der Waals surface area contributed by atoms with E-state index in [4.69, 9.17) is 5.11 Å². The van der Waals surface area contributed by atoms with Gasteiger partial charge in [0.2, 0.25) is 5.91 Å². The minimum atomic E-state index is -4.89. The van der Waals surface area contributed by atoms with Gasteiger partial charge in [0.15, 0.2) is 11.5 Å². The molecule has 2 atom stereocenters. The van der Waals surface area contributed by atoms with Gasteiger partial charge in [0.1, 0.15) is 0 Å². The number of halogens is 4. The second-order valence-corrected chi connectivity index (χ2v) is 11.6. The highest BCUT2D eigenvalue weighted by Crippen LogP contribution is 2.47. The predicted octanol–water partition coefficient (Wildman–Crippen LogP) is 6.73. The molecule has 0 bridgehead atoms. The number of carbonyl (C=O) groups excluding carboxylic acids is 2. The molecule has 2 aliphatic carbocycles. The number of aliphatic carboxylic acids is 1. The van der Waals surface area contributed by atoms with E-state index >= 15 is 0 Å². The molecule has 0 radical (unpaired) electrons. The zero-order valence-corrected chi connectivity index (χ0v) is 24.4. The zero-order valence-electron chi connectivity index (χ0n) is 24.4. The van der Waals surface area contributed by atoms with Gasteiger partial charge in [-0.1, -0.05) is 49.6 Å². The van der Waals surface area contributed by atoms with Gasteiger partial charge in [-0.3, -0.25) is 14.4 Å². The van der Waals surface area contributed by atoms with Crippen LogP contribution in [0.3, 0.4) is 0 Å². The van der Waals surface area contributed by atoms with E-state index in [1.807, 2.05) is 6.08 Å². The molecule has 2 unspecified atom stereocenters. The Hall–Kier alpha value is -4.35. The maximum Gasteiger partial charge on any atom is 0.507 e. The number of ether oxygens (including phenoxy) is 2. The van der Waals surface area contributed by atoms with Gasteiger partial charge in [0.25, 0.3) is 5.91 Å². The van der Waals surface area contributed by atoms with E-state index in [0.29, 0.717) is 17.4 Å². The summed E-state index contributed by atoms with van der Waals surface area (Å²) in [5.41, 5.74) is 1.90. The van der Waals surface area contributed by atoms with Crippen molar-refractivity contribution in [3.63, 3.8) is 0 Å². The summed E-state index contributed by atoms with van der Waals surface area (Å²) in [6.45, 7) is -0.0135. The van der Waals surface area contributed by atoms with Crippen LogP contribution < -0.4 is 20.1 Å². The van der Waals surface area contributed by atoms with Crippen LogP contribution in [0.2, 0.25) is 0 Å². The second-order valence-electron chi connectivity index (χ2n) is 11.6. The van der Waals surface area contributed by atoms with Gasteiger partial charge in [-0.05, 0) is 72.9 Å². The van der Waals surface area contributed by atoms with E-state index in [2.05, 4.69) is 32.3 Å². The summed E-state index contributed by atoms with van der Waals surface area (Å²) in [6, 6.07) is 9.88. The summed E-state index contributed by atoms with van der Waals surface area (Å²) in [5.74, 6) is -2.85. The lowest BCUT2D eigenvalue weighted by atomic mass is 9.75. The average molecular weight is 631 g/mol. The minimum Gasteiger partial charge on any atom is -0.481 e. The fraction of sp³-hybridized carbons (Fsp3) is 0.424. The molecule has 12 heteroatoms. The van der Waals surface area contributed by atoms with Crippen molar-refractivity contribution in [3.8, 4) is 11.5 Å². The van der Waals surface area contributed by atoms with Crippen molar-refractivity contribution < 1.29 is 46.5 Å². The molecule has 8 nitrogen and oxygen atoms in total. The highest BCUT2D eigenvalue weighted by molar-refractivity contribution is 5.96. The number of allylic oxidation sites excluding steroid dienone is 3. The van der Waals surface area contributed by atoms with E-state index in [9.17, 15) is 31.9 Å². The SMILES string of the molecule is O=C(O)CCNC(=O)c1ccc(CC(C(=O)Nc2ccc3c(c2)OC(F)(F)C(F)(F)O3)C2=CCC(C3CCCCC3)C=C2)cc1. The zero-order chi connectivity index (χ0) is 32.2. The third-order valence-electron chi connectivity index (χ3n) is 8.44. The quantitative estimate of drug-likeness (QED) is 0.251. The fourth-order valence-electron chi connectivity index (χ4n) is 5.97. The first kappa shape index (κ1) is 32.1. The average Bonchev–Trinajstić information content (AvgIpc) is 3.01. The molecule has 1 aliphatic heterocycles. The van der Waals surface area contributed by atoms with E-state index in [1.165, 1.54) is 38.2 Å². The molecule has 1 heterocycles. The van der Waals surface area contributed by atoms with Crippen molar-refractivity contribution in [1.82, 2.24) is 5.32 Å². The third kappa shape index (κ3) is 7.66. The van der Waals surface area contributed by atoms with Crippen molar-refractivity contribution in [1.29, 1.82) is 0 Å². The largest absolute Gasteiger partial charge is 0.507 e. The lowest BCUT2D eigenvalue weighted by Crippen LogP contribution is -2.52. The Labute approximate surface area is 257 Å². The van der Waals surface area contributed by atoms with Gasteiger partial charge in [0.05, 0.1) is 12.3 Å². The molecule has 0 aromatic heterocycles. The minimum absolute atomic E-state index is 0.0135. The van der Waals surface area contributed by atoms with E-state index < -0.39 is 47.4 Å². The first-order valence-electron chi connectivity index (χ1n) is 15.0. The maximum atomic E-state index is 13.8. The lowest BCUT2D eigenvalue weighted by Gasteiger charge is -2.32. The molecular weight excluding hydrogens is 596 g/mol. The molecule has 0 saturated heterocycles. The molecule has 3 N–H and O–H groups in total. The summed E-state index contributed by atoms with van der Waals surface area (Å²) < 4.78 is 63.0. The number of alkyl halides is 4. The standard InChI is InChI=1S/C33H34F4N2O6/c34-32(35)33(36,37)45-28-19-25(14-15-27(28)44-32)39-31(43)26(23-12-10-22(11-13-23)21-4-2-1-3-5-21)18-20-6-8-24(9-7-20)30(42)38-17-16-29(40)41/h6-10,12-15,19,21-22,26H,1-5,11,16-18H2,(H,38,42)(H,39,43)(H,40,41). The number of benzene rings is 2. The van der Waals surface area contributed by atoms with E-state index in [1.54, 1.807) is 24.3 Å². The van der Waals surface area contributed by atoms with Crippen LogP contribution in [0.4, 0.5) is 23.2 Å². The number of fused-ring (bicyclic) bond motifs is 1. The molecule has 240 valence electrons. The molecule has 0 spiro atoms. The summed E-state index contributed by atoms with van der Waals surface area (Å²) in [6.07, 6.45) is 3.27. The Morgan fingerprint density at radius 1 is 0.933 bits per heavy atom. The Kier molecular flexibility index (Phi) is 9.50. The van der Waals surface area contributed by atoms with Crippen LogP contribution >= 0.6 is 0 Å².